The minimum atomic E-state index is -1.60. The number of ether oxygens (including phenoxy) is 2. The van der Waals surface area contributed by atoms with Crippen molar-refractivity contribution in [3.63, 3.8) is 0 Å². The summed E-state index contributed by atoms with van der Waals surface area (Å²) in [5.74, 6) is -0.579. The van der Waals surface area contributed by atoms with E-state index in [9.17, 15) is 35.4 Å². The van der Waals surface area contributed by atoms with Gasteiger partial charge in [-0.2, -0.15) is 0 Å². The molecule has 1 amide bonds. The number of nitrogens with one attached hydrogen (secondary N) is 1. The summed E-state index contributed by atoms with van der Waals surface area (Å²) in [5, 5.41) is 65.3. The highest BCUT2D eigenvalue weighted by Gasteiger charge is 2.44. The number of rotatable bonds is 55. The van der Waals surface area contributed by atoms with Crippen molar-refractivity contribution in [1.82, 2.24) is 5.32 Å². The molecule has 8 unspecified atom stereocenters. The van der Waals surface area contributed by atoms with Crippen molar-refractivity contribution >= 4 is 5.91 Å². The average molecular weight is 1040 g/mol. The van der Waals surface area contributed by atoms with Crippen LogP contribution in [0, 0.1) is 0 Å². The van der Waals surface area contributed by atoms with Gasteiger partial charge in [-0.15, -0.1) is 0 Å². The van der Waals surface area contributed by atoms with E-state index >= 15 is 0 Å². The number of allylic oxidation sites excluding steroid dienone is 4. The minimum absolute atomic E-state index is 0.252. The van der Waals surface area contributed by atoms with Crippen molar-refractivity contribution < 1.29 is 44.9 Å². The molecule has 1 aliphatic rings. The van der Waals surface area contributed by atoms with E-state index in [2.05, 4.69) is 43.5 Å². The fraction of sp³-hybridized carbons (Fsp3) is 0.921. The molecule has 432 valence electrons. The largest absolute Gasteiger partial charge is 0.394 e. The molecule has 7 N–H and O–H groups in total. The molecule has 1 fully saturated rings. The van der Waals surface area contributed by atoms with Crippen LogP contribution < -0.4 is 5.32 Å². The molecule has 0 saturated carbocycles. The molecule has 73 heavy (non-hydrogen) atoms. The van der Waals surface area contributed by atoms with Gasteiger partial charge in [0.15, 0.2) is 6.29 Å². The molecule has 0 spiro atoms. The van der Waals surface area contributed by atoms with Gasteiger partial charge in [0.1, 0.15) is 30.5 Å². The fourth-order valence-electron chi connectivity index (χ4n) is 10.3. The van der Waals surface area contributed by atoms with Crippen molar-refractivity contribution in [1.29, 1.82) is 0 Å². The first-order valence-electron chi connectivity index (χ1n) is 31.6. The standard InChI is InChI=1S/C63H121NO9/c1-3-5-7-9-11-13-15-17-19-21-22-23-24-25-26-27-28-29-30-31-32-33-34-35-36-38-40-42-44-46-48-50-52-57(67)62(71)64-55(54-72-63-61(70)60(69)59(68)58(53-65)73-63)56(66)51-49-47-45-43-41-39-37-20-18-16-14-12-10-8-6-4-2/h22-23,25-26,55-61,63,65-70H,3-21,24,27-54H2,1-2H3,(H,64,71)/b23-22-,26-25-. The fourth-order valence-corrected chi connectivity index (χ4v) is 10.3. The molecule has 0 aliphatic carbocycles. The second kappa shape index (κ2) is 52.7. The Morgan fingerprint density at radius 1 is 0.466 bits per heavy atom. The van der Waals surface area contributed by atoms with Crippen LogP contribution in [0.1, 0.15) is 309 Å². The summed E-state index contributed by atoms with van der Waals surface area (Å²) in [6.07, 6.45) is 56.9. The third kappa shape index (κ3) is 41.4. The molecule has 1 rings (SSSR count). The summed E-state index contributed by atoms with van der Waals surface area (Å²) in [4.78, 5) is 13.2. The Labute approximate surface area is 450 Å². The molecule has 0 radical (unpaired) electrons. The summed E-state index contributed by atoms with van der Waals surface area (Å²) < 4.78 is 11.3. The molecule has 10 nitrogen and oxygen atoms in total. The number of unbranched alkanes of at least 4 members (excludes halogenated alkanes) is 40. The van der Waals surface area contributed by atoms with Crippen LogP contribution in [0.5, 0.6) is 0 Å². The average Bonchev–Trinajstić information content (AvgIpc) is 3.39. The van der Waals surface area contributed by atoms with Crippen molar-refractivity contribution in [2.75, 3.05) is 13.2 Å². The van der Waals surface area contributed by atoms with E-state index in [1.54, 1.807) is 0 Å². The van der Waals surface area contributed by atoms with Gasteiger partial charge in [-0.25, -0.2) is 0 Å². The van der Waals surface area contributed by atoms with Gasteiger partial charge in [0.25, 0.3) is 0 Å². The maximum Gasteiger partial charge on any atom is 0.249 e. The number of hydrogen-bond donors (Lipinski definition) is 7. The number of amides is 1. The monoisotopic (exact) mass is 1040 g/mol. The first kappa shape index (κ1) is 69.6. The van der Waals surface area contributed by atoms with E-state index in [1.807, 2.05) is 0 Å². The molecule has 8 atom stereocenters. The quantitative estimate of drug-likeness (QED) is 0.0232. The van der Waals surface area contributed by atoms with Gasteiger partial charge >= 0.3 is 0 Å². The van der Waals surface area contributed by atoms with Crippen molar-refractivity contribution in [2.45, 2.75) is 358 Å². The minimum Gasteiger partial charge on any atom is -0.394 e. The van der Waals surface area contributed by atoms with Crippen LogP contribution in [0.15, 0.2) is 24.3 Å². The predicted octanol–water partition coefficient (Wildman–Crippen LogP) is 15.1. The maximum absolute atomic E-state index is 13.2. The van der Waals surface area contributed by atoms with Crippen LogP contribution in [0.25, 0.3) is 0 Å². The zero-order valence-corrected chi connectivity index (χ0v) is 47.8. The molecule has 1 saturated heterocycles. The van der Waals surface area contributed by atoms with Gasteiger partial charge in [-0.1, -0.05) is 289 Å². The molecule has 10 heteroatoms. The molecule has 1 heterocycles. The molecule has 0 aromatic heterocycles. The molecule has 0 aromatic carbocycles. The Bertz CT molecular complexity index is 1220. The van der Waals surface area contributed by atoms with Crippen LogP contribution in [-0.2, 0) is 14.3 Å². The number of hydrogen-bond acceptors (Lipinski definition) is 9. The summed E-state index contributed by atoms with van der Waals surface area (Å²) in [6, 6.07) is -0.893. The Morgan fingerprint density at radius 3 is 1.18 bits per heavy atom. The third-order valence-corrected chi connectivity index (χ3v) is 15.4. The van der Waals surface area contributed by atoms with E-state index in [4.69, 9.17) is 9.47 Å². The zero-order chi connectivity index (χ0) is 53.1. The first-order valence-corrected chi connectivity index (χ1v) is 31.6. The second-order valence-corrected chi connectivity index (χ2v) is 22.4. The van der Waals surface area contributed by atoms with Crippen LogP contribution in [0.3, 0.4) is 0 Å². The SMILES string of the molecule is CCCCCCCCCCC/C=C\C/C=C\CCCCCCCCCCCCCCCCCCC(O)C(=O)NC(COC1OC(CO)C(O)C(O)C1O)C(O)CCCCCCCCCCCCCCCCCC. The molecular weight excluding hydrogens is 915 g/mol. The highest BCUT2D eigenvalue weighted by atomic mass is 16.7. The number of aliphatic hydroxyl groups excluding tert-OH is 6. The smallest absolute Gasteiger partial charge is 0.249 e. The highest BCUT2D eigenvalue weighted by Crippen LogP contribution is 2.24. The topological polar surface area (TPSA) is 169 Å². The number of aliphatic hydroxyl groups is 6. The van der Waals surface area contributed by atoms with Gasteiger partial charge in [0.2, 0.25) is 5.91 Å². The molecule has 1 aliphatic heterocycles. The summed E-state index contributed by atoms with van der Waals surface area (Å²) in [5.41, 5.74) is 0. The second-order valence-electron chi connectivity index (χ2n) is 22.4. The highest BCUT2D eigenvalue weighted by molar-refractivity contribution is 5.80. The Balaban J connectivity index is 2.15. The lowest BCUT2D eigenvalue weighted by Crippen LogP contribution is -2.60. The lowest BCUT2D eigenvalue weighted by Gasteiger charge is -2.40. The normalized spacial score (nSPS) is 19.6. The first-order chi connectivity index (χ1) is 35.8. The maximum atomic E-state index is 13.2. The van der Waals surface area contributed by atoms with E-state index < -0.39 is 61.5 Å². The number of carbonyl (C=O) groups is 1. The van der Waals surface area contributed by atoms with E-state index in [-0.39, 0.29) is 6.61 Å². The Hall–Kier alpha value is -1.37. The molecule has 0 bridgehead atoms. The van der Waals surface area contributed by atoms with Crippen molar-refractivity contribution in [2.24, 2.45) is 0 Å². The summed E-state index contributed by atoms with van der Waals surface area (Å²) >= 11 is 0. The van der Waals surface area contributed by atoms with Gasteiger partial charge in [-0.3, -0.25) is 4.79 Å². The predicted molar refractivity (Wildman–Crippen MR) is 306 cm³/mol. The van der Waals surface area contributed by atoms with E-state index in [1.165, 1.54) is 225 Å². The van der Waals surface area contributed by atoms with Crippen molar-refractivity contribution in [3.05, 3.63) is 24.3 Å². The Kier molecular flexibility index (Phi) is 50.3. The summed E-state index contributed by atoms with van der Waals surface area (Å²) in [6.45, 7) is 3.71. The zero-order valence-electron chi connectivity index (χ0n) is 47.8. The lowest BCUT2D eigenvalue weighted by atomic mass is 9.99. The van der Waals surface area contributed by atoms with Gasteiger partial charge in [-0.05, 0) is 44.9 Å². The van der Waals surface area contributed by atoms with Crippen LogP contribution in [0.2, 0.25) is 0 Å². The van der Waals surface area contributed by atoms with E-state index in [0.717, 1.165) is 57.8 Å². The van der Waals surface area contributed by atoms with Gasteiger partial charge in [0.05, 0.1) is 25.4 Å². The number of carbonyl (C=O) groups excluding carboxylic acids is 1. The van der Waals surface area contributed by atoms with Crippen molar-refractivity contribution in [3.8, 4) is 0 Å². The Morgan fingerprint density at radius 2 is 0.808 bits per heavy atom. The van der Waals surface area contributed by atoms with Crippen LogP contribution in [-0.4, -0.2) is 98.7 Å². The summed E-state index contributed by atoms with van der Waals surface area (Å²) in [7, 11) is 0. The van der Waals surface area contributed by atoms with Gasteiger partial charge < -0.3 is 45.4 Å². The van der Waals surface area contributed by atoms with E-state index in [0.29, 0.717) is 12.8 Å². The van der Waals surface area contributed by atoms with Gasteiger partial charge in [0, 0.05) is 0 Å². The molecular formula is C63H121NO9. The third-order valence-electron chi connectivity index (χ3n) is 15.4. The van der Waals surface area contributed by atoms with Crippen LogP contribution in [0.4, 0.5) is 0 Å². The molecule has 0 aromatic rings. The van der Waals surface area contributed by atoms with Crippen LogP contribution >= 0.6 is 0 Å². The lowest BCUT2D eigenvalue weighted by molar-refractivity contribution is -0.302.